The summed E-state index contributed by atoms with van der Waals surface area (Å²) in [7, 11) is -3.29. The first-order valence-electron chi connectivity index (χ1n) is 15.0. The van der Waals surface area contributed by atoms with E-state index in [1.807, 2.05) is 13.8 Å². The fourth-order valence-corrected chi connectivity index (χ4v) is 5.01. The van der Waals surface area contributed by atoms with Gasteiger partial charge < -0.3 is 35.5 Å². The van der Waals surface area contributed by atoms with Crippen molar-refractivity contribution in [2.24, 2.45) is 27.4 Å². The number of alkyl halides is 1. The molecule has 0 spiro atoms. The van der Waals surface area contributed by atoms with Crippen molar-refractivity contribution in [3.63, 3.8) is 0 Å². The fraction of sp³-hybridized carbons (Fsp3) is 0.724. The third kappa shape index (κ3) is 17.7. The Morgan fingerprint density at radius 2 is 1.72 bits per heavy atom. The number of aliphatic hydroxyl groups excluding tert-OH is 1. The molecule has 266 valence electrons. The van der Waals surface area contributed by atoms with Gasteiger partial charge in [-0.15, -0.1) is 0 Å². The highest BCUT2D eigenvalue weighted by Gasteiger charge is 2.37. The minimum atomic E-state index is -4.48. The lowest BCUT2D eigenvalue weighted by atomic mass is 10.0. The number of hydrogen-bond donors (Lipinski definition) is 4. The second-order valence-corrected chi connectivity index (χ2v) is 12.5. The van der Waals surface area contributed by atoms with Crippen molar-refractivity contribution in [3.8, 4) is 0 Å². The second kappa shape index (κ2) is 22.6. The summed E-state index contributed by atoms with van der Waals surface area (Å²) < 4.78 is 60.5. The largest absolute Gasteiger partial charge is 0.476 e. The Morgan fingerprint density at radius 3 is 2.22 bits per heavy atom. The predicted octanol–water partition coefficient (Wildman–Crippen LogP) is 3.27. The predicted molar refractivity (Wildman–Crippen MR) is 172 cm³/mol. The van der Waals surface area contributed by atoms with E-state index in [9.17, 15) is 19.3 Å². The van der Waals surface area contributed by atoms with Crippen LogP contribution in [0.1, 0.15) is 67.7 Å². The molecule has 5 atom stereocenters. The van der Waals surface area contributed by atoms with Crippen LogP contribution in [0, 0.1) is 5.92 Å². The number of nitrogens with zero attached hydrogens (tertiary/aromatic N) is 2. The lowest BCUT2D eigenvalue weighted by Gasteiger charge is -2.28. The van der Waals surface area contributed by atoms with Gasteiger partial charge in [0.15, 0.2) is 6.61 Å². The number of rotatable bonds is 23. The van der Waals surface area contributed by atoms with Gasteiger partial charge in [-0.25, -0.2) is 18.8 Å². The van der Waals surface area contributed by atoms with Crippen LogP contribution in [0.5, 0.6) is 0 Å². The van der Waals surface area contributed by atoms with Gasteiger partial charge in [0.05, 0.1) is 25.9 Å². The first-order chi connectivity index (χ1) is 21.5. The van der Waals surface area contributed by atoms with Crippen molar-refractivity contribution < 1.29 is 51.6 Å². The zero-order valence-electron chi connectivity index (χ0n) is 28.2. The first kappa shape index (κ1) is 43.1. The van der Waals surface area contributed by atoms with E-state index in [0.29, 0.717) is 6.42 Å². The molecule has 15 nitrogen and oxygen atoms in total. The fourth-order valence-electron chi connectivity index (χ4n) is 3.56. The molecule has 46 heavy (non-hydrogen) atoms. The third-order valence-corrected chi connectivity index (χ3v) is 7.34. The number of carbonyl (C=O) groups excluding carboxylic acids is 2. The van der Waals surface area contributed by atoms with Gasteiger partial charge in [0, 0.05) is 25.4 Å². The summed E-state index contributed by atoms with van der Waals surface area (Å²) in [6.45, 7) is 14.3. The number of nitrogens with two attached hydrogens (primary N) is 2. The molecule has 0 saturated heterocycles. The molecule has 0 rings (SSSR count). The number of esters is 2. The van der Waals surface area contributed by atoms with Crippen molar-refractivity contribution in [1.29, 1.82) is 0 Å². The maximum absolute atomic E-state index is 15.2. The monoisotopic (exact) mass is 681 g/mol. The second-order valence-electron chi connectivity index (χ2n) is 10.7. The van der Waals surface area contributed by atoms with E-state index in [4.69, 9.17) is 39.5 Å². The van der Waals surface area contributed by atoms with Crippen LogP contribution in [-0.4, -0.2) is 93.2 Å². The molecule has 6 N–H and O–H groups in total. The Hall–Kier alpha value is -2.88. The molecule has 0 heterocycles. The van der Waals surface area contributed by atoms with Gasteiger partial charge in [0.2, 0.25) is 5.90 Å². The van der Waals surface area contributed by atoms with Crippen molar-refractivity contribution in [3.05, 3.63) is 23.8 Å². The molecule has 0 aliphatic carbocycles. The smallest absolute Gasteiger partial charge is 0.406 e. The molecule has 0 aromatic rings. The van der Waals surface area contributed by atoms with E-state index in [2.05, 4.69) is 21.7 Å². The van der Waals surface area contributed by atoms with Crippen LogP contribution < -0.4 is 16.6 Å². The number of aliphatic hydroxyl groups is 1. The van der Waals surface area contributed by atoms with E-state index < -0.39 is 69.8 Å². The molecule has 0 aromatic heterocycles. The van der Waals surface area contributed by atoms with Crippen LogP contribution in [0.15, 0.2) is 33.8 Å². The van der Waals surface area contributed by atoms with Crippen LogP contribution in [0.25, 0.3) is 0 Å². The van der Waals surface area contributed by atoms with Crippen LogP contribution >= 0.6 is 7.75 Å². The average Bonchev–Trinajstić information content (AvgIpc) is 2.95. The lowest BCUT2D eigenvalue weighted by Crippen LogP contribution is -2.41. The lowest BCUT2D eigenvalue weighted by molar-refractivity contribution is -0.150. The summed E-state index contributed by atoms with van der Waals surface area (Å²) in [4.78, 5) is 32.9. The summed E-state index contributed by atoms with van der Waals surface area (Å²) in [6.07, 6.45) is -4.07. The van der Waals surface area contributed by atoms with Gasteiger partial charge in [-0.05, 0) is 53.4 Å². The molecule has 4 unspecified atom stereocenters. The zero-order valence-corrected chi connectivity index (χ0v) is 29.1. The number of halogens is 1. The van der Waals surface area contributed by atoms with Gasteiger partial charge in [-0.1, -0.05) is 20.4 Å². The summed E-state index contributed by atoms with van der Waals surface area (Å²) in [5.41, 5.74) is 11.7. The Bertz CT molecular complexity index is 1100. The normalized spacial score (nSPS) is 16.8. The van der Waals surface area contributed by atoms with Crippen LogP contribution in [0.2, 0.25) is 0 Å². The SMILES string of the molecule is C=C(N)/N=C(OCC)\C(N=CC[C@@H](F)C(O)C(COP(=O)(NC(CCC(C)C)C(=O)OCC)OCC(=O)OC(C)C)OC)=C(/C)N. The average molecular weight is 682 g/mol. The molecule has 0 aliphatic rings. The van der Waals surface area contributed by atoms with E-state index in [1.54, 1.807) is 27.7 Å². The van der Waals surface area contributed by atoms with Crippen molar-refractivity contribution in [2.75, 3.05) is 33.5 Å². The molecule has 0 amide bonds. The number of carbonyl (C=O) groups is 2. The number of methoxy groups -OCH3 is 1. The van der Waals surface area contributed by atoms with Gasteiger partial charge in [-0.2, -0.15) is 4.99 Å². The molecule has 0 aromatic carbocycles. The molecule has 0 aliphatic heterocycles. The molecular formula is C29H53FN5O10P. The van der Waals surface area contributed by atoms with Gasteiger partial charge in [0.1, 0.15) is 35.9 Å². The number of hydrogen-bond acceptors (Lipinski definition) is 14. The summed E-state index contributed by atoms with van der Waals surface area (Å²) in [5, 5.41) is 13.2. The molecule has 0 bridgehead atoms. The standard InChI is InChI=1S/C29H53FN5O10P/c1-10-41-28(34-21(8)32)26(20(7)31)33-15-14-22(30)27(37)24(40-9)16-43-46(39,44-17-25(36)45-19(5)6)35-23(13-12-18(3)4)29(38)42-11-2/h15,18-19,22-24,27,37H,8,10-14,16-17,31-32H2,1-7,9H3,(H,35,39)/b26-20-,33-15?,34-28+/t22-,23?,24?,27?,46?/m1/s1. The molecule has 0 saturated carbocycles. The topological polar surface area (TPSA) is 216 Å². The molecule has 0 radical (unpaired) electrons. The third-order valence-electron chi connectivity index (χ3n) is 5.75. The van der Waals surface area contributed by atoms with Gasteiger partial charge >= 0.3 is 19.7 Å². The summed E-state index contributed by atoms with van der Waals surface area (Å²) in [5.74, 6) is -1.42. The van der Waals surface area contributed by atoms with Crippen LogP contribution in [0.4, 0.5) is 4.39 Å². The van der Waals surface area contributed by atoms with E-state index in [-0.39, 0.29) is 48.7 Å². The van der Waals surface area contributed by atoms with Crippen molar-refractivity contribution >= 4 is 31.8 Å². The molecule has 0 fully saturated rings. The highest BCUT2D eigenvalue weighted by molar-refractivity contribution is 7.51. The summed E-state index contributed by atoms with van der Waals surface area (Å²) in [6, 6.07) is -1.12. The minimum absolute atomic E-state index is 0.0135. The Morgan fingerprint density at radius 1 is 1.09 bits per heavy atom. The maximum Gasteiger partial charge on any atom is 0.406 e. The zero-order chi connectivity index (χ0) is 35.4. The van der Waals surface area contributed by atoms with Crippen LogP contribution in [0.3, 0.4) is 0 Å². The number of ether oxygens (including phenoxy) is 4. The number of nitrogens with one attached hydrogen (secondary N) is 1. The quantitative estimate of drug-likeness (QED) is 0.0528. The van der Waals surface area contributed by atoms with Crippen molar-refractivity contribution in [1.82, 2.24) is 5.09 Å². The minimum Gasteiger partial charge on any atom is -0.476 e. The highest BCUT2D eigenvalue weighted by Crippen LogP contribution is 2.45. The van der Waals surface area contributed by atoms with Gasteiger partial charge in [0.25, 0.3) is 0 Å². The van der Waals surface area contributed by atoms with E-state index in [0.717, 1.165) is 6.21 Å². The number of aliphatic imine (C=N–C) groups is 2. The maximum atomic E-state index is 15.2. The Labute approximate surface area is 271 Å². The number of allylic oxidation sites excluding steroid dienone is 1. The van der Waals surface area contributed by atoms with Gasteiger partial charge in [-0.3, -0.25) is 18.8 Å². The van der Waals surface area contributed by atoms with Crippen LogP contribution in [-0.2, 0) is 42.1 Å². The Balaban J connectivity index is 5.91. The molecular weight excluding hydrogens is 628 g/mol. The summed E-state index contributed by atoms with van der Waals surface area (Å²) >= 11 is 0. The molecule has 17 heteroatoms. The highest BCUT2D eigenvalue weighted by atomic mass is 31.2. The first-order valence-corrected chi connectivity index (χ1v) is 16.6. The van der Waals surface area contributed by atoms with E-state index in [1.165, 1.54) is 14.0 Å². The van der Waals surface area contributed by atoms with E-state index >= 15 is 4.39 Å². The Kier molecular flexibility index (Phi) is 21.2. The van der Waals surface area contributed by atoms with Crippen molar-refractivity contribution in [2.45, 2.75) is 98.3 Å².